The molecule has 0 aliphatic rings. The highest BCUT2D eigenvalue weighted by molar-refractivity contribution is 14.0. The summed E-state index contributed by atoms with van der Waals surface area (Å²) in [6.07, 6.45) is 2.21. The third kappa shape index (κ3) is 5.74. The van der Waals surface area contributed by atoms with Gasteiger partial charge in [-0.2, -0.15) is 0 Å². The molecule has 0 atom stereocenters. The van der Waals surface area contributed by atoms with Crippen LogP contribution < -0.4 is 11.1 Å². The molecule has 1 aromatic carbocycles. The van der Waals surface area contributed by atoms with Gasteiger partial charge in [-0.05, 0) is 6.42 Å². The fourth-order valence-corrected chi connectivity index (χ4v) is 1.74. The van der Waals surface area contributed by atoms with Crippen molar-refractivity contribution in [3.8, 4) is 11.3 Å². The summed E-state index contributed by atoms with van der Waals surface area (Å²) in [6, 6.07) is 11.7. The van der Waals surface area contributed by atoms with Crippen molar-refractivity contribution in [2.45, 2.75) is 26.3 Å². The molecule has 5 nitrogen and oxygen atoms in total. The zero-order valence-corrected chi connectivity index (χ0v) is 14.4. The van der Waals surface area contributed by atoms with Crippen LogP contribution in [0.25, 0.3) is 11.3 Å². The molecule has 2 aromatic rings. The summed E-state index contributed by atoms with van der Waals surface area (Å²) in [5, 5.41) is 7.06. The van der Waals surface area contributed by atoms with Crippen LogP contribution in [0.4, 0.5) is 0 Å². The molecule has 6 heteroatoms. The van der Waals surface area contributed by atoms with Crippen LogP contribution in [-0.4, -0.2) is 17.7 Å². The Balaban J connectivity index is 0.00000220. The number of guanidine groups is 1. The molecule has 0 saturated heterocycles. The highest BCUT2D eigenvalue weighted by atomic mass is 127. The molecule has 0 amide bonds. The number of unbranched alkanes of at least 4 members (excludes halogenated alkanes) is 1. The number of benzene rings is 1. The number of hydrogen-bond acceptors (Lipinski definition) is 3. The van der Waals surface area contributed by atoms with Crippen molar-refractivity contribution in [1.82, 2.24) is 10.5 Å². The van der Waals surface area contributed by atoms with E-state index in [2.05, 4.69) is 22.4 Å². The average Bonchev–Trinajstić information content (AvgIpc) is 2.95. The Kier molecular flexibility index (Phi) is 7.81. The maximum Gasteiger partial charge on any atom is 0.188 e. The number of nitrogens with zero attached hydrogens (tertiary/aromatic N) is 2. The van der Waals surface area contributed by atoms with E-state index in [-0.39, 0.29) is 24.0 Å². The lowest BCUT2D eigenvalue weighted by atomic mass is 10.2. The molecule has 0 aliphatic carbocycles. The highest BCUT2D eigenvalue weighted by Crippen LogP contribution is 2.19. The molecule has 0 unspecified atom stereocenters. The van der Waals surface area contributed by atoms with Crippen molar-refractivity contribution < 1.29 is 4.52 Å². The summed E-state index contributed by atoms with van der Waals surface area (Å²) in [7, 11) is 0. The van der Waals surface area contributed by atoms with Crippen molar-refractivity contribution in [2.24, 2.45) is 10.7 Å². The molecule has 3 N–H and O–H groups in total. The van der Waals surface area contributed by atoms with Gasteiger partial charge in [0.1, 0.15) is 5.69 Å². The topological polar surface area (TPSA) is 76.4 Å². The van der Waals surface area contributed by atoms with Crippen LogP contribution in [0.1, 0.15) is 25.5 Å². The second-order valence-electron chi connectivity index (χ2n) is 4.53. The highest BCUT2D eigenvalue weighted by Gasteiger charge is 2.05. The van der Waals surface area contributed by atoms with Crippen molar-refractivity contribution in [2.75, 3.05) is 6.54 Å². The lowest BCUT2D eigenvalue weighted by Gasteiger charge is -2.02. The Bertz CT molecular complexity index is 554. The molecular formula is C15H21IN4O. The quantitative estimate of drug-likeness (QED) is 0.338. The predicted molar refractivity (Wildman–Crippen MR) is 95.6 cm³/mol. The van der Waals surface area contributed by atoms with Gasteiger partial charge in [0.2, 0.25) is 0 Å². The third-order valence-corrected chi connectivity index (χ3v) is 2.87. The standard InChI is InChI=1S/C15H20N4O.HI/c1-2-3-9-17-15(16)18-11-13-10-14(20-19-13)12-7-5-4-6-8-12;/h4-8,10H,2-3,9,11H2,1H3,(H3,16,17,18);1H. The molecule has 1 heterocycles. The number of rotatable bonds is 6. The van der Waals surface area contributed by atoms with E-state index in [9.17, 15) is 0 Å². The molecule has 0 bridgehead atoms. The molecule has 0 fully saturated rings. The van der Waals surface area contributed by atoms with Crippen molar-refractivity contribution in [1.29, 1.82) is 0 Å². The van der Waals surface area contributed by atoms with Crippen LogP contribution in [0.3, 0.4) is 0 Å². The van der Waals surface area contributed by atoms with Crippen molar-refractivity contribution in [3.05, 3.63) is 42.1 Å². The number of hydrogen-bond donors (Lipinski definition) is 2. The van der Waals surface area contributed by atoms with Crippen molar-refractivity contribution in [3.63, 3.8) is 0 Å². The Morgan fingerprint density at radius 3 is 2.81 bits per heavy atom. The smallest absolute Gasteiger partial charge is 0.188 e. The summed E-state index contributed by atoms with van der Waals surface area (Å²) in [5.74, 6) is 1.19. The first kappa shape index (κ1) is 17.5. The maximum absolute atomic E-state index is 5.76. The van der Waals surface area contributed by atoms with Gasteiger partial charge in [-0.3, -0.25) is 0 Å². The van der Waals surface area contributed by atoms with Gasteiger partial charge in [0.15, 0.2) is 11.7 Å². The van der Waals surface area contributed by atoms with Crippen molar-refractivity contribution >= 4 is 29.9 Å². The molecule has 114 valence electrons. The van der Waals surface area contributed by atoms with Gasteiger partial charge in [0, 0.05) is 18.2 Å². The van der Waals surface area contributed by atoms with Gasteiger partial charge >= 0.3 is 0 Å². The van der Waals surface area contributed by atoms with E-state index >= 15 is 0 Å². The monoisotopic (exact) mass is 400 g/mol. The second kappa shape index (κ2) is 9.38. The molecule has 21 heavy (non-hydrogen) atoms. The molecule has 2 rings (SSSR count). The number of aliphatic imine (C=N–C) groups is 1. The average molecular weight is 400 g/mol. The van der Waals surface area contributed by atoms with E-state index in [0.29, 0.717) is 12.5 Å². The van der Waals surface area contributed by atoms with Crippen LogP contribution in [0.5, 0.6) is 0 Å². The van der Waals surface area contributed by atoms with Gasteiger partial charge < -0.3 is 15.6 Å². The van der Waals surface area contributed by atoms with E-state index in [4.69, 9.17) is 10.3 Å². The first-order valence-electron chi connectivity index (χ1n) is 6.84. The minimum atomic E-state index is 0. The van der Waals surface area contributed by atoms with Crippen LogP contribution >= 0.6 is 24.0 Å². The summed E-state index contributed by atoms with van der Waals surface area (Å²) < 4.78 is 5.30. The number of halogens is 1. The van der Waals surface area contributed by atoms with E-state index in [1.165, 1.54) is 0 Å². The van der Waals surface area contributed by atoms with Gasteiger partial charge in [-0.25, -0.2) is 4.99 Å². The SMILES string of the molecule is CCCCNC(N)=NCc1cc(-c2ccccc2)on1.I. The van der Waals surface area contributed by atoms with Crippen LogP contribution in [-0.2, 0) is 6.54 Å². The van der Waals surface area contributed by atoms with E-state index in [1.54, 1.807) is 0 Å². The Labute approximate surface area is 142 Å². The molecule has 0 saturated carbocycles. The van der Waals surface area contributed by atoms with Gasteiger partial charge in [0.05, 0.1) is 6.54 Å². The summed E-state index contributed by atoms with van der Waals surface area (Å²) in [6.45, 7) is 3.40. The first-order valence-corrected chi connectivity index (χ1v) is 6.84. The van der Waals surface area contributed by atoms with Gasteiger partial charge in [0.25, 0.3) is 0 Å². The lowest BCUT2D eigenvalue weighted by Crippen LogP contribution is -2.32. The van der Waals surface area contributed by atoms with Crippen LogP contribution in [0, 0.1) is 0 Å². The fraction of sp³-hybridized carbons (Fsp3) is 0.333. The van der Waals surface area contributed by atoms with E-state index < -0.39 is 0 Å². The Morgan fingerprint density at radius 1 is 1.33 bits per heavy atom. The van der Waals surface area contributed by atoms with Crippen LogP contribution in [0.2, 0.25) is 0 Å². The maximum atomic E-state index is 5.76. The van der Waals surface area contributed by atoms with Gasteiger partial charge in [-0.15, -0.1) is 24.0 Å². The largest absolute Gasteiger partial charge is 0.370 e. The van der Waals surface area contributed by atoms with E-state index in [1.807, 2.05) is 36.4 Å². The molecule has 0 radical (unpaired) electrons. The fourth-order valence-electron chi connectivity index (χ4n) is 1.74. The second-order valence-corrected chi connectivity index (χ2v) is 4.53. The van der Waals surface area contributed by atoms with Crippen LogP contribution in [0.15, 0.2) is 45.9 Å². The number of nitrogens with two attached hydrogens (primary N) is 1. The Morgan fingerprint density at radius 2 is 2.10 bits per heavy atom. The third-order valence-electron chi connectivity index (χ3n) is 2.87. The molecule has 1 aromatic heterocycles. The predicted octanol–water partition coefficient (Wildman–Crippen LogP) is 3.16. The zero-order valence-electron chi connectivity index (χ0n) is 12.1. The number of aromatic nitrogens is 1. The normalized spacial score (nSPS) is 11.0. The minimum Gasteiger partial charge on any atom is -0.370 e. The summed E-state index contributed by atoms with van der Waals surface area (Å²) >= 11 is 0. The molecule has 0 spiro atoms. The molecular weight excluding hydrogens is 379 g/mol. The minimum absolute atomic E-state index is 0. The number of nitrogens with one attached hydrogen (secondary N) is 1. The summed E-state index contributed by atoms with van der Waals surface area (Å²) in [5.41, 5.74) is 7.53. The van der Waals surface area contributed by atoms with E-state index in [0.717, 1.165) is 36.4 Å². The lowest BCUT2D eigenvalue weighted by molar-refractivity contribution is 0.424. The van der Waals surface area contributed by atoms with Gasteiger partial charge in [-0.1, -0.05) is 48.8 Å². The zero-order chi connectivity index (χ0) is 14.2. The first-order chi connectivity index (χ1) is 9.79. The Hall–Kier alpha value is -1.57. The molecule has 0 aliphatic heterocycles. The summed E-state index contributed by atoms with van der Waals surface area (Å²) in [4.78, 5) is 4.23.